The predicted molar refractivity (Wildman–Crippen MR) is 170 cm³/mol. The lowest BCUT2D eigenvalue weighted by Gasteiger charge is -2.35. The lowest BCUT2D eigenvalue weighted by molar-refractivity contribution is -0.143. The molecule has 7 nitrogen and oxygen atoms in total. The maximum absolute atomic E-state index is 14.3. The number of Topliss-reactive ketones (excluding diaryl/α,β-unsaturated/α-hetero) is 1. The normalized spacial score (nSPS) is 19.3. The van der Waals surface area contributed by atoms with E-state index >= 15 is 0 Å². The summed E-state index contributed by atoms with van der Waals surface area (Å²) in [7, 11) is 0. The molecule has 2 aromatic carbocycles. The van der Waals surface area contributed by atoms with Gasteiger partial charge in [0.25, 0.3) is 5.91 Å². The third-order valence-electron chi connectivity index (χ3n) is 8.50. The number of fused-ring (bicyclic) bond motifs is 1. The lowest BCUT2D eigenvalue weighted by atomic mass is 9.96. The number of benzene rings is 2. The van der Waals surface area contributed by atoms with Gasteiger partial charge < -0.3 is 14.5 Å². The summed E-state index contributed by atoms with van der Waals surface area (Å²) in [6.45, 7) is 14.7. The van der Waals surface area contributed by atoms with Crippen molar-refractivity contribution < 1.29 is 19.1 Å². The fraction of sp³-hybridized carbons (Fsp3) is 0.486. The van der Waals surface area contributed by atoms with Gasteiger partial charge >= 0.3 is 0 Å². The minimum absolute atomic E-state index is 0.0358. The van der Waals surface area contributed by atoms with Crippen molar-refractivity contribution >= 4 is 28.9 Å². The molecular weight excluding hydrogens is 558 g/mol. The van der Waals surface area contributed by atoms with Gasteiger partial charge in [-0.25, -0.2) is 4.98 Å². The van der Waals surface area contributed by atoms with Gasteiger partial charge in [-0.3, -0.25) is 14.4 Å². The number of nitrogens with zero attached hydrogens (tertiary/aromatic N) is 3. The first-order valence-corrected chi connectivity index (χ1v) is 16.1. The first kappa shape index (κ1) is 31.1. The number of aryl methyl sites for hydroxylation is 3. The minimum atomic E-state index is -0.659. The fourth-order valence-corrected chi connectivity index (χ4v) is 7.30. The van der Waals surface area contributed by atoms with Crippen LogP contribution in [0.3, 0.4) is 0 Å². The van der Waals surface area contributed by atoms with Crippen molar-refractivity contribution in [1.82, 2.24) is 14.8 Å². The van der Waals surface area contributed by atoms with Crippen molar-refractivity contribution in [3.05, 3.63) is 75.9 Å². The van der Waals surface area contributed by atoms with Crippen LogP contribution in [0.15, 0.2) is 48.0 Å². The van der Waals surface area contributed by atoms with Crippen LogP contribution in [0, 0.1) is 19.8 Å². The molecule has 0 N–H and O–H groups in total. The molecule has 2 aliphatic heterocycles. The summed E-state index contributed by atoms with van der Waals surface area (Å²) < 4.78 is 6.31. The minimum Gasteiger partial charge on any atom is -0.371 e. The predicted octanol–water partition coefficient (Wildman–Crippen LogP) is 6.39. The highest BCUT2D eigenvalue weighted by Crippen LogP contribution is 2.33. The van der Waals surface area contributed by atoms with E-state index < -0.39 is 17.7 Å². The van der Waals surface area contributed by atoms with Gasteiger partial charge in [0.2, 0.25) is 5.91 Å². The summed E-state index contributed by atoms with van der Waals surface area (Å²) in [4.78, 5) is 50.5. The van der Waals surface area contributed by atoms with Gasteiger partial charge in [0.15, 0.2) is 5.78 Å². The highest BCUT2D eigenvalue weighted by molar-refractivity contribution is 7.13. The summed E-state index contributed by atoms with van der Waals surface area (Å²) in [6, 6.07) is 12.7. The van der Waals surface area contributed by atoms with Crippen LogP contribution in [-0.4, -0.2) is 62.7 Å². The third-order valence-corrected chi connectivity index (χ3v) is 9.48. The maximum atomic E-state index is 14.3. The third kappa shape index (κ3) is 6.60. The molecule has 228 valence electrons. The number of aromatic nitrogens is 1. The molecule has 1 fully saturated rings. The van der Waals surface area contributed by atoms with E-state index in [9.17, 15) is 14.4 Å². The van der Waals surface area contributed by atoms with Gasteiger partial charge in [-0.1, -0.05) is 50.2 Å². The van der Waals surface area contributed by atoms with Crippen molar-refractivity contribution in [3.63, 3.8) is 0 Å². The molecule has 0 unspecified atom stereocenters. The molecule has 43 heavy (non-hydrogen) atoms. The topological polar surface area (TPSA) is 79.8 Å². The van der Waals surface area contributed by atoms with Crippen molar-refractivity contribution in [2.75, 3.05) is 6.54 Å². The second-order valence-corrected chi connectivity index (χ2v) is 14.1. The highest BCUT2D eigenvalue weighted by Gasteiger charge is 2.46. The van der Waals surface area contributed by atoms with E-state index in [0.717, 1.165) is 32.8 Å². The van der Waals surface area contributed by atoms with Gasteiger partial charge in [0, 0.05) is 31.5 Å². The zero-order chi connectivity index (χ0) is 31.1. The Morgan fingerprint density at radius 2 is 1.86 bits per heavy atom. The van der Waals surface area contributed by atoms with Crippen LogP contribution in [0.5, 0.6) is 0 Å². The number of carbonyl (C=O) groups is 3. The largest absolute Gasteiger partial charge is 0.371 e. The molecule has 8 heteroatoms. The number of carbonyl (C=O) groups excluding carboxylic acids is 3. The van der Waals surface area contributed by atoms with E-state index in [4.69, 9.17) is 4.74 Å². The van der Waals surface area contributed by atoms with Gasteiger partial charge in [0.05, 0.1) is 33.8 Å². The van der Waals surface area contributed by atoms with E-state index in [1.807, 2.05) is 71.3 Å². The molecule has 0 spiro atoms. The number of ketones is 1. The zero-order valence-electron chi connectivity index (χ0n) is 26.3. The molecule has 3 heterocycles. The summed E-state index contributed by atoms with van der Waals surface area (Å²) in [5, 5.41) is 0. The molecule has 1 aromatic heterocycles. The summed E-state index contributed by atoms with van der Waals surface area (Å²) in [5.41, 5.74) is 7.45. The monoisotopic (exact) mass is 601 g/mol. The molecule has 1 saturated heterocycles. The average molecular weight is 602 g/mol. The molecule has 3 aromatic rings. The number of likely N-dealkylation sites (tertiary alicyclic amines) is 1. The first-order valence-electron chi connectivity index (χ1n) is 15.2. The van der Waals surface area contributed by atoms with E-state index in [0.29, 0.717) is 37.9 Å². The zero-order valence-corrected chi connectivity index (χ0v) is 27.2. The number of thiazole rings is 1. The lowest BCUT2D eigenvalue weighted by Crippen LogP contribution is -2.54. The van der Waals surface area contributed by atoms with E-state index in [1.54, 1.807) is 21.1 Å². The Morgan fingerprint density at radius 3 is 2.49 bits per heavy atom. The van der Waals surface area contributed by atoms with E-state index in [-0.39, 0.29) is 29.6 Å². The summed E-state index contributed by atoms with van der Waals surface area (Å²) >= 11 is 1.63. The van der Waals surface area contributed by atoms with Crippen LogP contribution in [0.4, 0.5) is 0 Å². The number of hydrogen-bond donors (Lipinski definition) is 0. The molecule has 3 atom stereocenters. The summed E-state index contributed by atoms with van der Waals surface area (Å²) in [5.74, 6) is -0.379. The van der Waals surface area contributed by atoms with Crippen molar-refractivity contribution in [2.24, 2.45) is 5.92 Å². The number of amides is 2. The van der Waals surface area contributed by atoms with Crippen molar-refractivity contribution in [1.29, 1.82) is 0 Å². The second kappa shape index (κ2) is 12.3. The number of ether oxygens (including phenoxy) is 1. The van der Waals surface area contributed by atoms with Gasteiger partial charge in [0.1, 0.15) is 6.04 Å². The Hall–Kier alpha value is -3.36. The first-order chi connectivity index (χ1) is 20.3. The van der Waals surface area contributed by atoms with Crippen molar-refractivity contribution in [3.8, 4) is 10.4 Å². The molecule has 2 aliphatic rings. The molecule has 0 radical (unpaired) electrons. The standard InChI is InChI=1S/C35H43N3O4S/c1-21(2)31(38-18-26-10-8-9-11-28(26)33(38)40)34(41)37-19-27(42-35(5,6)7)17-29(37)30(39)15-14-24-12-13-25(16-22(24)3)32-23(4)36-20-43-32/h8-13,16,20-21,27,29,31H,14-15,17-19H2,1-7H3/t27-,29+,31+/m1/s1. The fourth-order valence-electron chi connectivity index (χ4n) is 6.50. The van der Waals surface area contributed by atoms with Crippen LogP contribution in [0.1, 0.15) is 80.2 Å². The second-order valence-electron chi connectivity index (χ2n) is 13.2. The van der Waals surface area contributed by atoms with Crippen molar-refractivity contribution in [2.45, 2.75) is 98.1 Å². The number of rotatable bonds is 9. The van der Waals surface area contributed by atoms with Crippen LogP contribution in [-0.2, 0) is 27.3 Å². The summed E-state index contributed by atoms with van der Waals surface area (Å²) in [6.07, 6.45) is 1.14. The van der Waals surface area contributed by atoms with Crippen LogP contribution >= 0.6 is 11.3 Å². The molecule has 0 saturated carbocycles. The molecule has 2 amide bonds. The van der Waals surface area contributed by atoms with Crippen LogP contribution in [0.25, 0.3) is 10.4 Å². The number of hydrogen-bond acceptors (Lipinski definition) is 6. The van der Waals surface area contributed by atoms with Gasteiger partial charge in [-0.15, -0.1) is 11.3 Å². The Balaban J connectivity index is 1.35. The van der Waals surface area contributed by atoms with Crippen LogP contribution < -0.4 is 0 Å². The van der Waals surface area contributed by atoms with Gasteiger partial charge in [-0.2, -0.15) is 0 Å². The average Bonchev–Trinajstić information content (AvgIpc) is 3.64. The van der Waals surface area contributed by atoms with E-state index in [1.165, 1.54) is 0 Å². The Labute approximate surface area is 259 Å². The molecule has 0 bridgehead atoms. The Bertz CT molecular complexity index is 1520. The molecule has 0 aliphatic carbocycles. The van der Waals surface area contributed by atoms with Crippen LogP contribution in [0.2, 0.25) is 0 Å². The molecular formula is C35H43N3O4S. The van der Waals surface area contributed by atoms with E-state index in [2.05, 4.69) is 30.1 Å². The maximum Gasteiger partial charge on any atom is 0.255 e. The van der Waals surface area contributed by atoms with Gasteiger partial charge in [-0.05, 0) is 75.3 Å². The molecule has 5 rings (SSSR count). The quantitative estimate of drug-likeness (QED) is 0.284. The highest BCUT2D eigenvalue weighted by atomic mass is 32.1. The SMILES string of the molecule is Cc1cc(-c2scnc2C)ccc1CCC(=O)[C@@H]1C[C@@H](OC(C)(C)C)CN1C(=O)[C@H](C(C)C)N1Cc2ccccc2C1=O. The Morgan fingerprint density at radius 1 is 1.12 bits per heavy atom. The Kier molecular flexibility index (Phi) is 8.91. The smallest absolute Gasteiger partial charge is 0.255 e.